The number of para-hydroxylation sites is 1. The van der Waals surface area contributed by atoms with Crippen molar-refractivity contribution >= 4 is 21.7 Å². The summed E-state index contributed by atoms with van der Waals surface area (Å²) < 4.78 is 11.8. The SMILES string of the molecule is COc1c(Br)cccc1OC1CCCC1=O. The summed E-state index contributed by atoms with van der Waals surface area (Å²) in [5.74, 6) is 1.45. The summed E-state index contributed by atoms with van der Waals surface area (Å²) >= 11 is 3.38. The zero-order valence-electron chi connectivity index (χ0n) is 9.03. The number of rotatable bonds is 3. The van der Waals surface area contributed by atoms with Gasteiger partial charge in [-0.1, -0.05) is 6.07 Å². The number of benzene rings is 1. The van der Waals surface area contributed by atoms with Crippen molar-refractivity contribution in [2.75, 3.05) is 7.11 Å². The van der Waals surface area contributed by atoms with Gasteiger partial charge in [0.05, 0.1) is 11.6 Å². The Labute approximate surface area is 103 Å². The lowest BCUT2D eigenvalue weighted by molar-refractivity contribution is -0.123. The Morgan fingerprint density at radius 2 is 2.25 bits per heavy atom. The molecule has 1 aromatic carbocycles. The molecule has 0 heterocycles. The summed E-state index contributed by atoms with van der Waals surface area (Å²) in [7, 11) is 1.59. The highest BCUT2D eigenvalue weighted by atomic mass is 79.9. The van der Waals surface area contributed by atoms with E-state index in [-0.39, 0.29) is 11.9 Å². The van der Waals surface area contributed by atoms with Crippen LogP contribution in [0.15, 0.2) is 22.7 Å². The molecule has 2 rings (SSSR count). The van der Waals surface area contributed by atoms with Gasteiger partial charge in [0.1, 0.15) is 0 Å². The number of ketones is 1. The first-order valence-corrected chi connectivity index (χ1v) is 6.03. The van der Waals surface area contributed by atoms with Crippen LogP contribution in [0.3, 0.4) is 0 Å². The maximum atomic E-state index is 11.5. The number of Topliss-reactive ketones (excluding diaryl/α,β-unsaturated/α-hetero) is 1. The van der Waals surface area contributed by atoms with Gasteiger partial charge >= 0.3 is 0 Å². The van der Waals surface area contributed by atoms with Crippen molar-refractivity contribution in [3.8, 4) is 11.5 Å². The van der Waals surface area contributed by atoms with E-state index in [0.717, 1.165) is 17.3 Å². The molecule has 1 aromatic rings. The Hall–Kier alpha value is -1.03. The predicted molar refractivity (Wildman–Crippen MR) is 64.0 cm³/mol. The smallest absolute Gasteiger partial charge is 0.174 e. The molecule has 0 aromatic heterocycles. The fourth-order valence-corrected chi connectivity index (χ4v) is 2.35. The van der Waals surface area contributed by atoms with Gasteiger partial charge in [0.2, 0.25) is 0 Å². The predicted octanol–water partition coefficient (Wildman–Crippen LogP) is 2.96. The molecule has 0 aliphatic heterocycles. The van der Waals surface area contributed by atoms with Crippen molar-refractivity contribution in [3.63, 3.8) is 0 Å². The quantitative estimate of drug-likeness (QED) is 0.856. The van der Waals surface area contributed by atoms with Gasteiger partial charge < -0.3 is 9.47 Å². The largest absolute Gasteiger partial charge is 0.492 e. The monoisotopic (exact) mass is 284 g/mol. The second-order valence-electron chi connectivity index (χ2n) is 3.74. The molecule has 1 aliphatic rings. The van der Waals surface area contributed by atoms with E-state index in [0.29, 0.717) is 17.9 Å². The molecule has 1 atom stereocenters. The molecular formula is C12H13BrO3. The maximum Gasteiger partial charge on any atom is 0.174 e. The summed E-state index contributed by atoms with van der Waals surface area (Å²) in [4.78, 5) is 11.5. The zero-order valence-corrected chi connectivity index (χ0v) is 10.6. The minimum absolute atomic E-state index is 0.182. The van der Waals surface area contributed by atoms with E-state index in [1.54, 1.807) is 7.11 Å². The van der Waals surface area contributed by atoms with E-state index in [2.05, 4.69) is 15.9 Å². The van der Waals surface area contributed by atoms with Crippen molar-refractivity contribution in [1.82, 2.24) is 0 Å². The molecule has 1 saturated carbocycles. The molecule has 1 fully saturated rings. The van der Waals surface area contributed by atoms with Crippen LogP contribution < -0.4 is 9.47 Å². The highest BCUT2D eigenvalue weighted by Gasteiger charge is 2.27. The minimum atomic E-state index is -0.303. The second-order valence-corrected chi connectivity index (χ2v) is 4.59. The molecule has 1 unspecified atom stereocenters. The van der Waals surface area contributed by atoms with Crippen LogP contribution in [0.2, 0.25) is 0 Å². The van der Waals surface area contributed by atoms with Crippen molar-refractivity contribution in [3.05, 3.63) is 22.7 Å². The molecule has 0 bridgehead atoms. The van der Waals surface area contributed by atoms with Crippen LogP contribution in [-0.4, -0.2) is 19.0 Å². The van der Waals surface area contributed by atoms with E-state index >= 15 is 0 Å². The molecule has 0 radical (unpaired) electrons. The van der Waals surface area contributed by atoms with E-state index in [9.17, 15) is 4.79 Å². The molecule has 3 nitrogen and oxygen atoms in total. The molecule has 1 aliphatic carbocycles. The summed E-state index contributed by atoms with van der Waals surface area (Å²) in [5, 5.41) is 0. The van der Waals surface area contributed by atoms with Crippen molar-refractivity contribution < 1.29 is 14.3 Å². The Morgan fingerprint density at radius 3 is 2.88 bits per heavy atom. The van der Waals surface area contributed by atoms with Gasteiger partial charge in [-0.3, -0.25) is 4.79 Å². The third-order valence-corrected chi connectivity index (χ3v) is 3.28. The number of hydrogen-bond acceptors (Lipinski definition) is 3. The molecular weight excluding hydrogens is 272 g/mol. The summed E-state index contributed by atoms with van der Waals surface area (Å²) in [5.41, 5.74) is 0. The molecule has 86 valence electrons. The Bertz CT molecular complexity index is 403. The Balaban J connectivity index is 2.20. The lowest BCUT2D eigenvalue weighted by Gasteiger charge is -2.15. The van der Waals surface area contributed by atoms with Crippen LogP contribution in [0.1, 0.15) is 19.3 Å². The van der Waals surface area contributed by atoms with Gasteiger partial charge in [-0.05, 0) is 40.9 Å². The number of ether oxygens (including phenoxy) is 2. The van der Waals surface area contributed by atoms with Crippen LogP contribution in [0.5, 0.6) is 11.5 Å². The summed E-state index contributed by atoms with van der Waals surface area (Å²) in [6, 6.07) is 5.55. The average Bonchev–Trinajstić information content (AvgIpc) is 2.65. The number of halogens is 1. The van der Waals surface area contributed by atoms with Gasteiger partial charge in [-0.25, -0.2) is 0 Å². The second kappa shape index (κ2) is 4.87. The maximum absolute atomic E-state index is 11.5. The Morgan fingerprint density at radius 1 is 1.44 bits per heavy atom. The number of hydrogen-bond donors (Lipinski definition) is 0. The molecule has 16 heavy (non-hydrogen) atoms. The number of carbonyl (C=O) groups is 1. The lowest BCUT2D eigenvalue weighted by atomic mass is 10.2. The molecule has 0 N–H and O–H groups in total. The lowest BCUT2D eigenvalue weighted by Crippen LogP contribution is -2.21. The summed E-state index contributed by atoms with van der Waals surface area (Å²) in [6.45, 7) is 0. The van der Waals surface area contributed by atoms with Crippen molar-refractivity contribution in [2.24, 2.45) is 0 Å². The first kappa shape index (κ1) is 11.5. The van der Waals surface area contributed by atoms with Crippen LogP contribution >= 0.6 is 15.9 Å². The molecule has 0 spiro atoms. The van der Waals surface area contributed by atoms with Crippen molar-refractivity contribution in [1.29, 1.82) is 0 Å². The molecule has 0 amide bonds. The normalized spacial score (nSPS) is 19.9. The topological polar surface area (TPSA) is 35.5 Å². The van der Waals surface area contributed by atoms with Gasteiger partial charge in [-0.15, -0.1) is 0 Å². The highest BCUT2D eigenvalue weighted by Crippen LogP contribution is 2.36. The van der Waals surface area contributed by atoms with Crippen LogP contribution in [-0.2, 0) is 4.79 Å². The van der Waals surface area contributed by atoms with Gasteiger partial charge in [0, 0.05) is 6.42 Å². The zero-order chi connectivity index (χ0) is 11.5. The van der Waals surface area contributed by atoms with E-state index < -0.39 is 0 Å². The standard InChI is InChI=1S/C12H13BrO3/c1-15-12-8(13)4-2-7-11(12)16-10-6-3-5-9(10)14/h2,4,7,10H,3,5-6H2,1H3. The Kier molecular flexibility index (Phi) is 3.49. The van der Waals surface area contributed by atoms with E-state index in [1.807, 2.05) is 18.2 Å². The summed E-state index contributed by atoms with van der Waals surface area (Å²) in [6.07, 6.45) is 2.04. The first-order chi connectivity index (χ1) is 7.72. The average molecular weight is 285 g/mol. The first-order valence-electron chi connectivity index (χ1n) is 5.24. The van der Waals surface area contributed by atoms with E-state index in [4.69, 9.17) is 9.47 Å². The number of methoxy groups -OCH3 is 1. The molecule has 4 heteroatoms. The van der Waals surface area contributed by atoms with Crippen LogP contribution in [0, 0.1) is 0 Å². The third-order valence-electron chi connectivity index (χ3n) is 2.65. The van der Waals surface area contributed by atoms with E-state index in [1.165, 1.54) is 0 Å². The molecule has 0 saturated heterocycles. The van der Waals surface area contributed by atoms with Gasteiger partial charge in [-0.2, -0.15) is 0 Å². The van der Waals surface area contributed by atoms with Gasteiger partial charge in [0.25, 0.3) is 0 Å². The van der Waals surface area contributed by atoms with Crippen LogP contribution in [0.4, 0.5) is 0 Å². The van der Waals surface area contributed by atoms with Crippen LogP contribution in [0.25, 0.3) is 0 Å². The minimum Gasteiger partial charge on any atom is -0.492 e. The fraction of sp³-hybridized carbons (Fsp3) is 0.417. The fourth-order valence-electron chi connectivity index (χ4n) is 1.84. The highest BCUT2D eigenvalue weighted by molar-refractivity contribution is 9.10. The van der Waals surface area contributed by atoms with Crippen molar-refractivity contribution in [2.45, 2.75) is 25.4 Å². The number of carbonyl (C=O) groups excluding carboxylic acids is 1. The third kappa shape index (κ3) is 2.21. The van der Waals surface area contributed by atoms with Gasteiger partial charge in [0.15, 0.2) is 23.4 Å².